The molecular weight excluding hydrogens is 420 g/mol. The Bertz CT molecular complexity index is 467. The number of nitrogens with one attached hydrogen (secondary N) is 3. The predicted molar refractivity (Wildman–Crippen MR) is 137 cm³/mol. The fourth-order valence-corrected chi connectivity index (χ4v) is 3.43. The van der Waals surface area contributed by atoms with Crippen LogP contribution in [0.15, 0.2) is 0 Å². The standard InChI is InChI=1S/C24H51N6O3/c1-2-3-4-5-6-14-23(31)28-18-8-7-13-22(26)24(32)29-19-12-21-30(33)20-10-9-16-27-17-11-15-25/h22,27H,2-21,25-26H2,1H3,(H,28,31)(H,29,32)/q-1/t22-/m0/s1. The molecule has 0 unspecified atom stereocenters. The van der Waals surface area contributed by atoms with Crippen molar-refractivity contribution in [2.75, 3.05) is 45.8 Å². The first-order valence-corrected chi connectivity index (χ1v) is 13.1. The SMILES string of the molecule is CCCCCCCC(=O)NCCCC[C@H](N)C(=O)NCCCN([O-])CCCCNCCCN. The van der Waals surface area contributed by atoms with E-state index in [0.29, 0.717) is 52.0 Å². The number of hydrogen-bond acceptors (Lipinski definition) is 7. The van der Waals surface area contributed by atoms with Crippen LogP contribution in [0.4, 0.5) is 0 Å². The summed E-state index contributed by atoms with van der Waals surface area (Å²) < 4.78 is 0. The summed E-state index contributed by atoms with van der Waals surface area (Å²) in [4.78, 5) is 23.8. The van der Waals surface area contributed by atoms with Crippen molar-refractivity contribution in [2.45, 2.75) is 96.4 Å². The Morgan fingerprint density at radius 2 is 1.48 bits per heavy atom. The minimum Gasteiger partial charge on any atom is -0.785 e. The van der Waals surface area contributed by atoms with E-state index in [-0.39, 0.29) is 11.8 Å². The Hall–Kier alpha value is -1.26. The number of rotatable bonds is 24. The zero-order valence-corrected chi connectivity index (χ0v) is 21.0. The largest absolute Gasteiger partial charge is 0.785 e. The number of hydroxylamine groups is 2. The van der Waals surface area contributed by atoms with Gasteiger partial charge in [0.2, 0.25) is 11.8 Å². The molecule has 0 spiro atoms. The second kappa shape index (κ2) is 23.9. The Morgan fingerprint density at radius 1 is 0.818 bits per heavy atom. The van der Waals surface area contributed by atoms with E-state index in [4.69, 9.17) is 11.5 Å². The minimum absolute atomic E-state index is 0.111. The normalized spacial score (nSPS) is 12.2. The van der Waals surface area contributed by atoms with Gasteiger partial charge in [-0.2, -0.15) is 0 Å². The smallest absolute Gasteiger partial charge is 0.236 e. The number of carbonyl (C=O) groups excluding carboxylic acids is 2. The van der Waals surface area contributed by atoms with Crippen LogP contribution < -0.4 is 27.4 Å². The summed E-state index contributed by atoms with van der Waals surface area (Å²) >= 11 is 0. The maximum Gasteiger partial charge on any atom is 0.236 e. The zero-order chi connectivity index (χ0) is 24.6. The molecule has 0 aliphatic heterocycles. The summed E-state index contributed by atoms with van der Waals surface area (Å²) in [6.07, 6.45) is 11.9. The minimum atomic E-state index is -0.547. The molecule has 7 N–H and O–H groups in total. The van der Waals surface area contributed by atoms with Crippen molar-refractivity contribution in [1.82, 2.24) is 21.0 Å². The van der Waals surface area contributed by atoms with Gasteiger partial charge in [-0.15, -0.1) is 0 Å². The second-order valence-electron chi connectivity index (χ2n) is 8.79. The van der Waals surface area contributed by atoms with Gasteiger partial charge in [-0.25, -0.2) is 0 Å². The van der Waals surface area contributed by atoms with Crippen molar-refractivity contribution in [2.24, 2.45) is 11.5 Å². The monoisotopic (exact) mass is 471 g/mol. The number of amides is 2. The third-order valence-electron chi connectivity index (χ3n) is 5.56. The molecule has 196 valence electrons. The highest BCUT2D eigenvalue weighted by molar-refractivity contribution is 5.81. The maximum atomic E-state index is 12.1. The number of carbonyl (C=O) groups is 2. The molecule has 0 saturated carbocycles. The molecule has 0 aromatic carbocycles. The molecule has 0 rings (SSSR count). The summed E-state index contributed by atoms with van der Waals surface area (Å²) in [5.74, 6) is -0.0627. The molecule has 0 aliphatic rings. The highest BCUT2D eigenvalue weighted by Crippen LogP contribution is 2.05. The summed E-state index contributed by atoms with van der Waals surface area (Å²) in [6.45, 7) is 6.73. The van der Waals surface area contributed by atoms with Crippen LogP contribution in [0.1, 0.15) is 90.4 Å². The molecule has 0 aromatic heterocycles. The van der Waals surface area contributed by atoms with E-state index in [0.717, 1.165) is 63.1 Å². The molecule has 9 nitrogen and oxygen atoms in total. The molecule has 33 heavy (non-hydrogen) atoms. The molecule has 0 aromatic rings. The average molecular weight is 472 g/mol. The van der Waals surface area contributed by atoms with Crippen LogP contribution >= 0.6 is 0 Å². The van der Waals surface area contributed by atoms with Crippen molar-refractivity contribution in [1.29, 1.82) is 0 Å². The molecular formula is C24H51N6O3-. The topological polar surface area (TPSA) is 149 Å². The van der Waals surface area contributed by atoms with Gasteiger partial charge in [-0.1, -0.05) is 32.6 Å². The lowest BCUT2D eigenvalue weighted by Gasteiger charge is -2.28. The zero-order valence-electron chi connectivity index (χ0n) is 21.0. The number of nitrogens with zero attached hydrogens (tertiary/aromatic N) is 1. The van der Waals surface area contributed by atoms with Crippen molar-refractivity contribution in [3.05, 3.63) is 5.21 Å². The van der Waals surface area contributed by atoms with Gasteiger partial charge in [0.25, 0.3) is 0 Å². The summed E-state index contributed by atoms with van der Waals surface area (Å²) in [5.41, 5.74) is 11.4. The average Bonchev–Trinajstić information content (AvgIpc) is 2.80. The molecule has 0 fully saturated rings. The lowest BCUT2D eigenvalue weighted by atomic mass is 10.1. The third-order valence-corrected chi connectivity index (χ3v) is 5.56. The van der Waals surface area contributed by atoms with E-state index in [2.05, 4.69) is 22.9 Å². The van der Waals surface area contributed by atoms with Crippen molar-refractivity contribution >= 4 is 11.8 Å². The van der Waals surface area contributed by atoms with E-state index < -0.39 is 6.04 Å². The van der Waals surface area contributed by atoms with Crippen LogP contribution in [-0.2, 0) is 9.59 Å². The van der Waals surface area contributed by atoms with Gasteiger partial charge in [0.05, 0.1) is 6.04 Å². The molecule has 0 bridgehead atoms. The van der Waals surface area contributed by atoms with Gasteiger partial charge < -0.3 is 37.7 Å². The van der Waals surface area contributed by atoms with E-state index in [1.165, 1.54) is 19.3 Å². The highest BCUT2D eigenvalue weighted by atomic mass is 16.5. The first-order valence-electron chi connectivity index (χ1n) is 13.1. The Kier molecular flexibility index (Phi) is 23.0. The molecule has 0 saturated heterocycles. The van der Waals surface area contributed by atoms with Gasteiger partial charge in [0.15, 0.2) is 0 Å². The quantitative estimate of drug-likeness (QED) is 0.107. The van der Waals surface area contributed by atoms with Crippen LogP contribution in [-0.4, -0.2) is 68.7 Å². The lowest BCUT2D eigenvalue weighted by molar-refractivity contribution is -0.123. The van der Waals surface area contributed by atoms with Crippen molar-refractivity contribution in [3.8, 4) is 0 Å². The van der Waals surface area contributed by atoms with Crippen molar-refractivity contribution in [3.63, 3.8) is 0 Å². The highest BCUT2D eigenvalue weighted by Gasteiger charge is 2.12. The van der Waals surface area contributed by atoms with Gasteiger partial charge in [-0.05, 0) is 84.1 Å². The predicted octanol–water partition coefficient (Wildman–Crippen LogP) is 1.99. The number of hydrogen-bond donors (Lipinski definition) is 5. The van der Waals surface area contributed by atoms with Crippen molar-refractivity contribution < 1.29 is 9.59 Å². The summed E-state index contributed by atoms with van der Waals surface area (Å²) in [6, 6.07) is -0.547. The van der Waals surface area contributed by atoms with Crippen LogP contribution in [0.3, 0.4) is 0 Å². The maximum absolute atomic E-state index is 12.1. The van der Waals surface area contributed by atoms with Gasteiger partial charge in [0, 0.05) is 19.5 Å². The lowest BCUT2D eigenvalue weighted by Crippen LogP contribution is -2.41. The van der Waals surface area contributed by atoms with E-state index >= 15 is 0 Å². The summed E-state index contributed by atoms with van der Waals surface area (Å²) in [5, 5.41) is 21.9. The second-order valence-corrected chi connectivity index (χ2v) is 8.79. The first kappa shape index (κ1) is 31.7. The van der Waals surface area contributed by atoms with E-state index in [9.17, 15) is 14.8 Å². The fourth-order valence-electron chi connectivity index (χ4n) is 3.43. The van der Waals surface area contributed by atoms with Crippen LogP contribution in [0.5, 0.6) is 0 Å². The molecule has 0 radical (unpaired) electrons. The molecule has 1 atom stereocenters. The number of nitrogens with two attached hydrogens (primary N) is 2. The van der Waals surface area contributed by atoms with Crippen LogP contribution in [0.2, 0.25) is 0 Å². The molecule has 2 amide bonds. The fraction of sp³-hybridized carbons (Fsp3) is 0.917. The van der Waals surface area contributed by atoms with E-state index in [1.807, 2.05) is 0 Å². The van der Waals surface area contributed by atoms with Gasteiger partial charge >= 0.3 is 0 Å². The van der Waals surface area contributed by atoms with Gasteiger partial charge in [-0.3, -0.25) is 9.59 Å². The first-order chi connectivity index (χ1) is 16.0. The van der Waals surface area contributed by atoms with E-state index in [1.54, 1.807) is 0 Å². The number of unbranched alkanes of at least 4 members (excludes halogenated alkanes) is 6. The molecule has 9 heteroatoms. The Balaban J connectivity index is 3.54. The molecule has 0 aliphatic carbocycles. The van der Waals surface area contributed by atoms with Crippen LogP contribution in [0, 0.1) is 5.21 Å². The third kappa shape index (κ3) is 22.3. The Labute approximate surface area is 201 Å². The van der Waals surface area contributed by atoms with Crippen LogP contribution in [0.25, 0.3) is 0 Å². The summed E-state index contributed by atoms with van der Waals surface area (Å²) in [7, 11) is 0. The van der Waals surface area contributed by atoms with Gasteiger partial charge in [0.1, 0.15) is 0 Å². The Morgan fingerprint density at radius 3 is 2.24 bits per heavy atom. The molecule has 0 heterocycles.